The SMILES string of the molecule is FC(F)(F)CCCP.I. The standard InChI is InChI=1S/C4H8F3P.HI/c5-4(6,7)2-1-3-8;/h1-3,8H2;1H. The van der Waals surface area contributed by atoms with Crippen LogP contribution in [0.3, 0.4) is 0 Å². The van der Waals surface area contributed by atoms with Crippen LogP contribution in [0.4, 0.5) is 13.2 Å². The Hall–Kier alpha value is 0.950. The molecule has 0 rings (SSSR count). The molecule has 0 heterocycles. The van der Waals surface area contributed by atoms with E-state index in [0.717, 1.165) is 0 Å². The summed E-state index contributed by atoms with van der Waals surface area (Å²) in [4.78, 5) is 0. The first kappa shape index (κ1) is 12.6. The van der Waals surface area contributed by atoms with Crippen LogP contribution < -0.4 is 0 Å². The molecule has 0 N–H and O–H groups in total. The highest BCUT2D eigenvalue weighted by atomic mass is 127. The lowest BCUT2D eigenvalue weighted by Crippen LogP contribution is -2.06. The summed E-state index contributed by atoms with van der Waals surface area (Å²) in [6.07, 6.45) is -3.87. The molecule has 0 aromatic rings. The van der Waals surface area contributed by atoms with Crippen LogP contribution in [-0.4, -0.2) is 12.3 Å². The Morgan fingerprint density at radius 3 is 1.78 bits per heavy atom. The Kier molecular flexibility index (Phi) is 8.01. The lowest BCUT2D eigenvalue weighted by atomic mass is 10.3. The van der Waals surface area contributed by atoms with Crippen LogP contribution in [-0.2, 0) is 0 Å². The summed E-state index contributed by atoms with van der Waals surface area (Å²) in [6, 6.07) is 0. The maximum absolute atomic E-state index is 11.2. The monoisotopic (exact) mass is 272 g/mol. The van der Waals surface area contributed by atoms with Crippen molar-refractivity contribution in [1.82, 2.24) is 0 Å². The van der Waals surface area contributed by atoms with E-state index >= 15 is 0 Å². The molecule has 0 nitrogen and oxygen atoms in total. The Morgan fingerprint density at radius 2 is 1.67 bits per heavy atom. The summed E-state index contributed by atoms with van der Waals surface area (Å²) in [5, 5.41) is 0. The van der Waals surface area contributed by atoms with Gasteiger partial charge in [0.25, 0.3) is 0 Å². The average molecular weight is 272 g/mol. The summed E-state index contributed by atoms with van der Waals surface area (Å²) in [5.41, 5.74) is 0. The van der Waals surface area contributed by atoms with Crippen molar-refractivity contribution in [3.8, 4) is 0 Å². The molecule has 0 bridgehead atoms. The van der Waals surface area contributed by atoms with Gasteiger partial charge in [-0.1, -0.05) is 0 Å². The van der Waals surface area contributed by atoms with Crippen LogP contribution in [0.1, 0.15) is 12.8 Å². The highest BCUT2D eigenvalue weighted by Crippen LogP contribution is 2.21. The second-order valence-corrected chi connectivity index (χ2v) is 2.08. The van der Waals surface area contributed by atoms with Gasteiger partial charge in [0, 0.05) is 6.42 Å². The van der Waals surface area contributed by atoms with Crippen LogP contribution >= 0.6 is 33.2 Å². The van der Waals surface area contributed by atoms with Crippen molar-refractivity contribution in [2.24, 2.45) is 0 Å². The maximum Gasteiger partial charge on any atom is 0.389 e. The molecule has 0 saturated heterocycles. The summed E-state index contributed by atoms with van der Waals surface area (Å²) in [5.74, 6) is 0. The smallest absolute Gasteiger partial charge is 0.171 e. The van der Waals surface area contributed by atoms with E-state index in [9.17, 15) is 13.2 Å². The summed E-state index contributed by atoms with van der Waals surface area (Å²) in [7, 11) is 2.26. The lowest BCUT2D eigenvalue weighted by molar-refractivity contribution is -0.134. The van der Waals surface area contributed by atoms with Crippen molar-refractivity contribution in [3.05, 3.63) is 0 Å². The Balaban J connectivity index is 0. The normalized spacial score (nSPS) is 10.7. The van der Waals surface area contributed by atoms with Crippen molar-refractivity contribution in [3.63, 3.8) is 0 Å². The summed E-state index contributed by atoms with van der Waals surface area (Å²) in [6.45, 7) is 0. The first-order valence-electron chi connectivity index (χ1n) is 2.33. The van der Waals surface area contributed by atoms with Gasteiger partial charge in [0.05, 0.1) is 0 Å². The van der Waals surface area contributed by atoms with E-state index < -0.39 is 12.6 Å². The fourth-order valence-electron chi connectivity index (χ4n) is 0.303. The number of hydrogen-bond donors (Lipinski definition) is 0. The number of hydrogen-bond acceptors (Lipinski definition) is 0. The molecule has 0 aliphatic rings. The first-order chi connectivity index (χ1) is 3.56. The molecule has 0 aliphatic carbocycles. The number of alkyl halides is 3. The molecule has 0 aromatic heterocycles. The van der Waals surface area contributed by atoms with E-state index in [1.54, 1.807) is 0 Å². The maximum atomic E-state index is 11.2. The van der Waals surface area contributed by atoms with Crippen molar-refractivity contribution >= 4 is 33.2 Å². The fourth-order valence-corrected chi connectivity index (χ4v) is 0.507. The Bertz CT molecular complexity index is 63.3. The quantitative estimate of drug-likeness (QED) is 0.535. The molecule has 1 unspecified atom stereocenters. The molecule has 0 amide bonds. The predicted octanol–water partition coefficient (Wildman–Crippen LogP) is 2.82. The minimum Gasteiger partial charge on any atom is -0.171 e. The Labute approximate surface area is 71.8 Å². The number of rotatable bonds is 2. The summed E-state index contributed by atoms with van der Waals surface area (Å²) >= 11 is 0. The molecule has 0 fully saturated rings. The molecule has 0 aromatic carbocycles. The molecule has 5 heteroatoms. The van der Waals surface area contributed by atoms with Gasteiger partial charge in [-0.3, -0.25) is 0 Å². The predicted molar refractivity (Wildman–Crippen MR) is 45.3 cm³/mol. The molecular weight excluding hydrogens is 263 g/mol. The third-order valence-corrected chi connectivity index (χ3v) is 1.07. The molecule has 0 spiro atoms. The van der Waals surface area contributed by atoms with Gasteiger partial charge in [0.1, 0.15) is 0 Å². The summed E-state index contributed by atoms with van der Waals surface area (Å²) < 4.78 is 33.7. The first-order valence-corrected chi connectivity index (χ1v) is 3.15. The third kappa shape index (κ3) is 12.2. The minimum absolute atomic E-state index is 0. The van der Waals surface area contributed by atoms with Crippen molar-refractivity contribution in [1.29, 1.82) is 0 Å². The Morgan fingerprint density at radius 1 is 1.22 bits per heavy atom. The van der Waals surface area contributed by atoms with Gasteiger partial charge >= 0.3 is 6.18 Å². The average Bonchev–Trinajstić information content (AvgIpc) is 1.59. The second-order valence-electron chi connectivity index (χ2n) is 1.51. The lowest BCUT2D eigenvalue weighted by Gasteiger charge is -2.02. The van der Waals surface area contributed by atoms with E-state index in [1.807, 2.05) is 0 Å². The van der Waals surface area contributed by atoms with Gasteiger partial charge in [0.2, 0.25) is 0 Å². The van der Waals surface area contributed by atoms with Crippen LogP contribution in [0.5, 0.6) is 0 Å². The molecular formula is C4H9F3IP. The van der Waals surface area contributed by atoms with Crippen molar-refractivity contribution in [2.45, 2.75) is 19.0 Å². The topological polar surface area (TPSA) is 0 Å². The zero-order valence-corrected chi connectivity index (χ0v) is 8.23. The van der Waals surface area contributed by atoms with Crippen LogP contribution in [0.2, 0.25) is 0 Å². The molecule has 0 saturated carbocycles. The van der Waals surface area contributed by atoms with Crippen LogP contribution in [0.25, 0.3) is 0 Å². The van der Waals surface area contributed by atoms with E-state index in [4.69, 9.17) is 0 Å². The molecule has 0 radical (unpaired) electrons. The molecule has 1 atom stereocenters. The van der Waals surface area contributed by atoms with Crippen molar-refractivity contribution < 1.29 is 13.2 Å². The van der Waals surface area contributed by atoms with E-state index in [1.165, 1.54) is 0 Å². The highest BCUT2D eigenvalue weighted by Gasteiger charge is 2.25. The second kappa shape index (κ2) is 5.71. The zero-order valence-electron chi connectivity index (χ0n) is 4.74. The third-order valence-electron chi connectivity index (χ3n) is 0.664. The van der Waals surface area contributed by atoms with Gasteiger partial charge in [0.15, 0.2) is 0 Å². The van der Waals surface area contributed by atoms with Gasteiger partial charge in [-0.25, -0.2) is 0 Å². The van der Waals surface area contributed by atoms with Gasteiger partial charge in [-0.15, -0.1) is 33.2 Å². The van der Waals surface area contributed by atoms with E-state index in [0.29, 0.717) is 6.16 Å². The van der Waals surface area contributed by atoms with Crippen LogP contribution in [0.15, 0.2) is 0 Å². The fraction of sp³-hybridized carbons (Fsp3) is 1.00. The molecule has 9 heavy (non-hydrogen) atoms. The van der Waals surface area contributed by atoms with E-state index in [-0.39, 0.29) is 30.4 Å². The highest BCUT2D eigenvalue weighted by molar-refractivity contribution is 14.0. The van der Waals surface area contributed by atoms with Gasteiger partial charge < -0.3 is 0 Å². The minimum atomic E-state index is -3.96. The largest absolute Gasteiger partial charge is 0.389 e. The molecule has 0 aliphatic heterocycles. The van der Waals surface area contributed by atoms with E-state index in [2.05, 4.69) is 9.24 Å². The van der Waals surface area contributed by atoms with Gasteiger partial charge in [-0.05, 0) is 12.6 Å². The van der Waals surface area contributed by atoms with Crippen LogP contribution in [0, 0.1) is 0 Å². The molecule has 58 valence electrons. The van der Waals surface area contributed by atoms with Crippen molar-refractivity contribution in [2.75, 3.05) is 6.16 Å². The number of halogens is 4. The van der Waals surface area contributed by atoms with Gasteiger partial charge in [-0.2, -0.15) is 13.2 Å². The zero-order chi connectivity index (χ0) is 6.62.